The number of aromatic nitrogens is 1. The van der Waals surface area contributed by atoms with Gasteiger partial charge in [-0.05, 0) is 18.6 Å². The van der Waals surface area contributed by atoms with Crippen molar-refractivity contribution in [1.29, 1.82) is 0 Å². The average molecular weight is 427 g/mol. The molecule has 0 radical (unpaired) electrons. The number of halogens is 2. The highest BCUT2D eigenvalue weighted by molar-refractivity contribution is 6.11. The summed E-state index contributed by atoms with van der Waals surface area (Å²) in [6.45, 7) is 2.92. The summed E-state index contributed by atoms with van der Waals surface area (Å²) in [5.74, 6) is 0. The Morgan fingerprint density at radius 1 is 1.14 bits per heavy atom. The van der Waals surface area contributed by atoms with Crippen molar-refractivity contribution >= 4 is 58.0 Å². The summed E-state index contributed by atoms with van der Waals surface area (Å²) in [6.07, 6.45) is 0.661. The molecule has 1 heterocycles. The number of hydroxylamine groups is 3. The molecular formula is C19H24Cl2N4O3. The topological polar surface area (TPSA) is 91.1 Å². The minimum absolute atomic E-state index is 0. The molecule has 0 aliphatic carbocycles. The van der Waals surface area contributed by atoms with Crippen LogP contribution in [0.1, 0.15) is 12.0 Å². The first-order valence-corrected chi connectivity index (χ1v) is 8.52. The number of fused-ring (bicyclic) bond motifs is 2. The second-order valence-corrected chi connectivity index (χ2v) is 6.96. The number of anilines is 1. The van der Waals surface area contributed by atoms with Crippen molar-refractivity contribution in [2.75, 3.05) is 32.5 Å². The molecule has 3 aromatic rings. The zero-order chi connectivity index (χ0) is 18.9. The first-order chi connectivity index (χ1) is 12.3. The summed E-state index contributed by atoms with van der Waals surface area (Å²) >= 11 is 0. The van der Waals surface area contributed by atoms with Gasteiger partial charge in [-0.25, -0.2) is 4.98 Å². The number of rotatable bonds is 6. The smallest absolute Gasteiger partial charge is 0.280 e. The Hall–Kier alpha value is -2.19. The highest BCUT2D eigenvalue weighted by atomic mass is 35.5. The molecule has 1 N–H and O–H groups in total. The second kappa shape index (κ2) is 9.34. The van der Waals surface area contributed by atoms with Crippen LogP contribution < -0.4 is 5.32 Å². The fourth-order valence-electron chi connectivity index (χ4n) is 3.12. The highest BCUT2D eigenvalue weighted by Crippen LogP contribution is 2.37. The van der Waals surface area contributed by atoms with Gasteiger partial charge in [0, 0.05) is 24.4 Å². The van der Waals surface area contributed by atoms with Crippen LogP contribution in [-0.2, 0) is 0 Å². The lowest BCUT2D eigenvalue weighted by atomic mass is 10.0. The van der Waals surface area contributed by atoms with Gasteiger partial charge in [-0.15, -0.1) is 24.8 Å². The molecular weight excluding hydrogens is 403 g/mol. The molecule has 0 atom stereocenters. The molecule has 7 nitrogen and oxygen atoms in total. The van der Waals surface area contributed by atoms with Crippen molar-refractivity contribution in [1.82, 2.24) is 4.98 Å². The predicted octanol–water partition coefficient (Wildman–Crippen LogP) is 4.82. The van der Waals surface area contributed by atoms with E-state index < -0.39 is 0 Å². The van der Waals surface area contributed by atoms with E-state index in [1.807, 2.05) is 31.2 Å². The van der Waals surface area contributed by atoms with Crippen LogP contribution in [0, 0.1) is 22.2 Å². The minimum Gasteiger partial charge on any atom is -0.633 e. The summed E-state index contributed by atoms with van der Waals surface area (Å²) in [5.41, 5.74) is 3.03. The number of nitro groups is 1. The number of nitro benzene ring substituents is 1. The number of hydrogen-bond acceptors (Lipinski definition) is 5. The summed E-state index contributed by atoms with van der Waals surface area (Å²) in [5, 5.41) is 28.0. The Balaban J connectivity index is 0.00000196. The first-order valence-electron chi connectivity index (χ1n) is 8.52. The maximum Gasteiger partial charge on any atom is 0.280 e. The third-order valence-corrected chi connectivity index (χ3v) is 4.39. The lowest BCUT2D eigenvalue weighted by Crippen LogP contribution is -2.34. The van der Waals surface area contributed by atoms with Gasteiger partial charge in [0.2, 0.25) is 0 Å². The third-order valence-electron chi connectivity index (χ3n) is 4.39. The van der Waals surface area contributed by atoms with E-state index in [-0.39, 0.29) is 40.1 Å². The summed E-state index contributed by atoms with van der Waals surface area (Å²) in [6, 6.07) is 10.8. The van der Waals surface area contributed by atoms with Gasteiger partial charge in [-0.1, -0.05) is 24.3 Å². The second-order valence-electron chi connectivity index (χ2n) is 6.96. The lowest BCUT2D eigenvalue weighted by Gasteiger charge is -2.33. The first kappa shape index (κ1) is 23.8. The van der Waals surface area contributed by atoms with E-state index >= 15 is 0 Å². The van der Waals surface area contributed by atoms with E-state index in [4.69, 9.17) is 0 Å². The normalized spacial score (nSPS) is 11.0. The average Bonchev–Trinajstić information content (AvgIpc) is 2.57. The van der Waals surface area contributed by atoms with Crippen LogP contribution in [0.3, 0.4) is 0 Å². The van der Waals surface area contributed by atoms with E-state index in [0.717, 1.165) is 16.5 Å². The Morgan fingerprint density at radius 2 is 1.82 bits per heavy atom. The molecule has 0 bridgehead atoms. The number of aryl methyl sites for hydroxylation is 1. The minimum atomic E-state index is -0.374. The number of benzene rings is 2. The SMILES string of the molecule is Cc1ccc([N+](=O)[O-])c2c(NCCC[N+](C)(C)[O-])c3ccccc3nc12.Cl.Cl. The zero-order valence-corrected chi connectivity index (χ0v) is 17.6. The molecule has 9 heteroatoms. The molecule has 28 heavy (non-hydrogen) atoms. The van der Waals surface area contributed by atoms with E-state index in [1.54, 1.807) is 20.2 Å². The predicted molar refractivity (Wildman–Crippen MR) is 119 cm³/mol. The van der Waals surface area contributed by atoms with Crippen molar-refractivity contribution in [3.8, 4) is 0 Å². The van der Waals surface area contributed by atoms with Crippen LogP contribution in [0.25, 0.3) is 21.8 Å². The molecule has 0 amide bonds. The monoisotopic (exact) mass is 426 g/mol. The van der Waals surface area contributed by atoms with Crippen LogP contribution in [0.5, 0.6) is 0 Å². The van der Waals surface area contributed by atoms with Crippen molar-refractivity contribution in [3.63, 3.8) is 0 Å². The number of hydrogen-bond donors (Lipinski definition) is 1. The van der Waals surface area contributed by atoms with Crippen LogP contribution in [0.2, 0.25) is 0 Å². The zero-order valence-electron chi connectivity index (χ0n) is 16.0. The number of pyridine rings is 1. The van der Waals surface area contributed by atoms with E-state index in [0.29, 0.717) is 36.1 Å². The van der Waals surface area contributed by atoms with Crippen LogP contribution in [0.15, 0.2) is 36.4 Å². The lowest BCUT2D eigenvalue weighted by molar-refractivity contribution is -0.839. The summed E-state index contributed by atoms with van der Waals surface area (Å²) < 4.78 is -0.362. The van der Waals surface area contributed by atoms with Gasteiger partial charge < -0.3 is 15.2 Å². The van der Waals surface area contributed by atoms with Gasteiger partial charge in [0.25, 0.3) is 5.69 Å². The highest BCUT2D eigenvalue weighted by Gasteiger charge is 2.20. The maximum atomic E-state index is 11.7. The summed E-state index contributed by atoms with van der Waals surface area (Å²) in [4.78, 5) is 15.9. The Kier molecular flexibility index (Phi) is 7.95. The molecule has 2 aromatic carbocycles. The number of quaternary nitrogens is 1. The number of nitrogens with one attached hydrogen (secondary N) is 1. The van der Waals surface area contributed by atoms with Crippen molar-refractivity contribution < 1.29 is 9.57 Å². The van der Waals surface area contributed by atoms with E-state index in [9.17, 15) is 15.3 Å². The third kappa shape index (κ3) is 4.99. The largest absolute Gasteiger partial charge is 0.633 e. The molecule has 0 fully saturated rings. The fourth-order valence-corrected chi connectivity index (χ4v) is 3.12. The maximum absolute atomic E-state index is 11.7. The van der Waals surface area contributed by atoms with Crippen molar-refractivity contribution in [2.24, 2.45) is 0 Å². The molecule has 0 spiro atoms. The van der Waals surface area contributed by atoms with E-state index in [1.165, 1.54) is 6.07 Å². The van der Waals surface area contributed by atoms with Crippen LogP contribution in [0.4, 0.5) is 11.4 Å². The molecule has 0 aliphatic heterocycles. The molecule has 0 saturated carbocycles. The molecule has 3 rings (SSSR count). The molecule has 0 unspecified atom stereocenters. The van der Waals surface area contributed by atoms with Crippen LogP contribution >= 0.6 is 24.8 Å². The van der Waals surface area contributed by atoms with Gasteiger partial charge in [-0.2, -0.15) is 0 Å². The van der Waals surface area contributed by atoms with Gasteiger partial charge >= 0.3 is 0 Å². The number of para-hydroxylation sites is 1. The molecule has 152 valence electrons. The van der Waals surface area contributed by atoms with Gasteiger partial charge in [-0.3, -0.25) is 10.1 Å². The molecule has 1 aromatic heterocycles. The quantitative estimate of drug-likeness (QED) is 0.200. The number of non-ortho nitro benzene ring substituents is 1. The Labute approximate surface area is 175 Å². The van der Waals surface area contributed by atoms with E-state index in [2.05, 4.69) is 10.3 Å². The van der Waals surface area contributed by atoms with Gasteiger partial charge in [0.15, 0.2) is 0 Å². The number of nitrogens with zero attached hydrogens (tertiary/aromatic N) is 3. The molecule has 0 aliphatic rings. The standard InChI is InChI=1S/C19H22N4O3.2ClH/c1-13-9-10-16(22(24)25)17-18(13)21-15-8-5-4-7-14(15)19(17)20-11-6-12-23(2,3)26;;/h4-5,7-10H,6,11-12H2,1-3H3,(H,20,21);2*1H. The molecule has 0 saturated heterocycles. The fraction of sp³-hybridized carbons (Fsp3) is 0.316. The van der Waals surface area contributed by atoms with Gasteiger partial charge in [0.1, 0.15) is 5.39 Å². The Bertz CT molecular complexity index is 990. The summed E-state index contributed by atoms with van der Waals surface area (Å²) in [7, 11) is 3.21. The van der Waals surface area contributed by atoms with Crippen molar-refractivity contribution in [2.45, 2.75) is 13.3 Å². The van der Waals surface area contributed by atoms with Crippen molar-refractivity contribution in [3.05, 3.63) is 57.3 Å². The van der Waals surface area contributed by atoms with Crippen LogP contribution in [-0.4, -0.2) is 41.7 Å². The van der Waals surface area contributed by atoms with Gasteiger partial charge in [0.05, 0.1) is 42.3 Å². The Morgan fingerprint density at radius 3 is 2.46 bits per heavy atom.